The second kappa shape index (κ2) is 4.40. The lowest BCUT2D eigenvalue weighted by Crippen LogP contribution is -2.14. The van der Waals surface area contributed by atoms with Crippen LogP contribution in [0.15, 0.2) is 10.5 Å². The Bertz CT molecular complexity index is 323. The fourth-order valence-electron chi connectivity index (χ4n) is 2.75. The van der Waals surface area contributed by atoms with Gasteiger partial charge in [-0.15, -0.1) is 0 Å². The van der Waals surface area contributed by atoms with E-state index in [1.165, 1.54) is 31.2 Å². The summed E-state index contributed by atoms with van der Waals surface area (Å²) in [5, 5.41) is 0. The highest BCUT2D eigenvalue weighted by atomic mass is 16.3. The minimum atomic E-state index is 0.172. The van der Waals surface area contributed by atoms with Gasteiger partial charge in [-0.25, -0.2) is 0 Å². The summed E-state index contributed by atoms with van der Waals surface area (Å²) in [5.41, 5.74) is 7.44. The first-order valence-corrected chi connectivity index (χ1v) is 5.99. The van der Waals surface area contributed by atoms with Crippen LogP contribution in [-0.4, -0.2) is 0 Å². The van der Waals surface area contributed by atoms with Gasteiger partial charge in [0.1, 0.15) is 11.5 Å². The summed E-state index contributed by atoms with van der Waals surface area (Å²) in [6, 6.07) is 2.26. The molecule has 1 aliphatic carbocycles. The third kappa shape index (κ3) is 2.43. The van der Waals surface area contributed by atoms with Crippen LogP contribution >= 0.6 is 0 Å². The van der Waals surface area contributed by atoms with E-state index in [1.54, 1.807) is 0 Å². The Hall–Kier alpha value is -0.760. The van der Waals surface area contributed by atoms with E-state index in [4.69, 9.17) is 10.2 Å². The lowest BCUT2D eigenvalue weighted by atomic mass is 9.94. The fourth-order valence-corrected chi connectivity index (χ4v) is 2.75. The second-order valence-corrected chi connectivity index (χ2v) is 4.86. The zero-order valence-corrected chi connectivity index (χ0v) is 9.75. The van der Waals surface area contributed by atoms with Gasteiger partial charge in [-0.2, -0.15) is 0 Å². The molecule has 2 heteroatoms. The first-order chi connectivity index (χ1) is 7.16. The predicted octanol–water partition coefficient (Wildman–Crippen LogP) is 3.48. The summed E-state index contributed by atoms with van der Waals surface area (Å²) < 4.78 is 5.52. The topological polar surface area (TPSA) is 39.2 Å². The number of aryl methyl sites for hydroxylation is 2. The van der Waals surface area contributed by atoms with E-state index in [9.17, 15) is 0 Å². The van der Waals surface area contributed by atoms with Crippen molar-refractivity contribution < 1.29 is 4.42 Å². The molecule has 2 N–H and O–H groups in total. The standard InChI is InChI=1S/C13H21NO/c1-9-7-12(10(2)15-9)13(14)8-11-5-3-4-6-11/h7,11,13H,3-6,8,14H2,1-2H3. The van der Waals surface area contributed by atoms with E-state index in [-0.39, 0.29) is 6.04 Å². The molecule has 1 saturated carbocycles. The van der Waals surface area contributed by atoms with E-state index in [1.807, 2.05) is 13.8 Å². The summed E-state index contributed by atoms with van der Waals surface area (Å²) in [6.45, 7) is 4.00. The van der Waals surface area contributed by atoms with Gasteiger partial charge < -0.3 is 10.2 Å². The van der Waals surface area contributed by atoms with Gasteiger partial charge in [0.25, 0.3) is 0 Å². The number of furan rings is 1. The largest absolute Gasteiger partial charge is 0.466 e. The van der Waals surface area contributed by atoms with Crippen molar-refractivity contribution in [2.24, 2.45) is 11.7 Å². The van der Waals surface area contributed by atoms with Crippen LogP contribution in [0.1, 0.15) is 55.2 Å². The van der Waals surface area contributed by atoms with Gasteiger partial charge in [-0.3, -0.25) is 0 Å². The van der Waals surface area contributed by atoms with Crippen LogP contribution in [0, 0.1) is 19.8 Å². The van der Waals surface area contributed by atoms with Crippen molar-refractivity contribution in [2.45, 2.75) is 52.0 Å². The molecule has 2 rings (SSSR count). The molecule has 0 aromatic carbocycles. The summed E-state index contributed by atoms with van der Waals surface area (Å²) in [7, 11) is 0. The summed E-state index contributed by atoms with van der Waals surface area (Å²) in [4.78, 5) is 0. The van der Waals surface area contributed by atoms with Crippen molar-refractivity contribution >= 4 is 0 Å². The molecular formula is C13H21NO. The van der Waals surface area contributed by atoms with E-state index < -0.39 is 0 Å². The van der Waals surface area contributed by atoms with Crippen LogP contribution in [0.5, 0.6) is 0 Å². The summed E-state index contributed by atoms with van der Waals surface area (Å²) in [5.74, 6) is 2.82. The first-order valence-electron chi connectivity index (χ1n) is 5.99. The molecule has 1 unspecified atom stereocenters. The lowest BCUT2D eigenvalue weighted by Gasteiger charge is -2.15. The molecule has 0 spiro atoms. The highest BCUT2D eigenvalue weighted by Gasteiger charge is 2.21. The van der Waals surface area contributed by atoms with Crippen molar-refractivity contribution in [3.8, 4) is 0 Å². The third-order valence-corrected chi connectivity index (χ3v) is 3.54. The van der Waals surface area contributed by atoms with Crippen LogP contribution in [0.25, 0.3) is 0 Å². The van der Waals surface area contributed by atoms with E-state index >= 15 is 0 Å². The van der Waals surface area contributed by atoms with E-state index in [0.717, 1.165) is 23.9 Å². The predicted molar refractivity (Wildman–Crippen MR) is 61.7 cm³/mol. The van der Waals surface area contributed by atoms with Gasteiger partial charge in [0.05, 0.1) is 0 Å². The fraction of sp³-hybridized carbons (Fsp3) is 0.692. The van der Waals surface area contributed by atoms with E-state index in [0.29, 0.717) is 0 Å². The van der Waals surface area contributed by atoms with E-state index in [2.05, 4.69) is 6.07 Å². The van der Waals surface area contributed by atoms with Crippen molar-refractivity contribution in [1.29, 1.82) is 0 Å². The van der Waals surface area contributed by atoms with Crippen molar-refractivity contribution in [1.82, 2.24) is 0 Å². The maximum absolute atomic E-state index is 6.23. The van der Waals surface area contributed by atoms with Gasteiger partial charge >= 0.3 is 0 Å². The summed E-state index contributed by atoms with van der Waals surface area (Å²) >= 11 is 0. The molecule has 15 heavy (non-hydrogen) atoms. The molecule has 1 aromatic rings. The minimum absolute atomic E-state index is 0.172. The molecule has 0 bridgehead atoms. The monoisotopic (exact) mass is 207 g/mol. The zero-order valence-electron chi connectivity index (χ0n) is 9.75. The van der Waals surface area contributed by atoms with Crippen LogP contribution in [0.3, 0.4) is 0 Å². The van der Waals surface area contributed by atoms with Crippen molar-refractivity contribution in [3.05, 3.63) is 23.2 Å². The molecule has 0 amide bonds. The van der Waals surface area contributed by atoms with Crippen LogP contribution in [-0.2, 0) is 0 Å². The van der Waals surface area contributed by atoms with Gasteiger partial charge in [0.15, 0.2) is 0 Å². The van der Waals surface area contributed by atoms with Gasteiger partial charge in [0.2, 0.25) is 0 Å². The Kier molecular flexibility index (Phi) is 3.15. The van der Waals surface area contributed by atoms with Crippen LogP contribution in [0.2, 0.25) is 0 Å². The molecule has 1 aliphatic rings. The maximum atomic E-state index is 6.23. The maximum Gasteiger partial charge on any atom is 0.105 e. The minimum Gasteiger partial charge on any atom is -0.466 e. The Morgan fingerprint density at radius 2 is 2.07 bits per heavy atom. The second-order valence-electron chi connectivity index (χ2n) is 4.86. The molecule has 2 nitrogen and oxygen atoms in total. The van der Waals surface area contributed by atoms with Gasteiger partial charge in [-0.05, 0) is 32.3 Å². The molecule has 0 radical (unpaired) electrons. The SMILES string of the molecule is Cc1cc(C(N)CC2CCCC2)c(C)o1. The zero-order chi connectivity index (χ0) is 10.8. The highest BCUT2D eigenvalue weighted by Crippen LogP contribution is 2.33. The van der Waals surface area contributed by atoms with Crippen molar-refractivity contribution in [2.75, 3.05) is 0 Å². The Labute approximate surface area is 91.8 Å². The quantitative estimate of drug-likeness (QED) is 0.824. The first kappa shape index (κ1) is 10.7. The number of rotatable bonds is 3. The lowest BCUT2D eigenvalue weighted by molar-refractivity contribution is 0.441. The number of hydrogen-bond donors (Lipinski definition) is 1. The van der Waals surface area contributed by atoms with Gasteiger partial charge in [-0.1, -0.05) is 25.7 Å². The summed E-state index contributed by atoms with van der Waals surface area (Å²) in [6.07, 6.45) is 6.63. The number of nitrogens with two attached hydrogens (primary N) is 1. The Morgan fingerprint density at radius 1 is 1.40 bits per heavy atom. The Balaban J connectivity index is 2.00. The smallest absolute Gasteiger partial charge is 0.105 e. The molecular weight excluding hydrogens is 186 g/mol. The molecule has 0 saturated heterocycles. The molecule has 0 aliphatic heterocycles. The van der Waals surface area contributed by atoms with Crippen molar-refractivity contribution in [3.63, 3.8) is 0 Å². The third-order valence-electron chi connectivity index (χ3n) is 3.54. The van der Waals surface area contributed by atoms with Gasteiger partial charge in [0, 0.05) is 11.6 Å². The average molecular weight is 207 g/mol. The molecule has 1 heterocycles. The Morgan fingerprint density at radius 3 is 2.60 bits per heavy atom. The molecule has 84 valence electrons. The van der Waals surface area contributed by atoms with Crippen LogP contribution in [0.4, 0.5) is 0 Å². The molecule has 1 fully saturated rings. The number of hydrogen-bond acceptors (Lipinski definition) is 2. The average Bonchev–Trinajstić information content (AvgIpc) is 2.75. The molecule has 1 atom stereocenters. The van der Waals surface area contributed by atoms with Crippen LogP contribution < -0.4 is 5.73 Å². The normalized spacial score (nSPS) is 19.7. The highest BCUT2D eigenvalue weighted by molar-refractivity contribution is 5.23. The molecule has 1 aromatic heterocycles.